The molecule has 1 N–H and O–H groups in total. The Kier molecular flexibility index (Phi) is 8.70. The molecule has 0 aromatic carbocycles. The van der Waals surface area contributed by atoms with Gasteiger partial charge in [0.2, 0.25) is 8.32 Å². The highest BCUT2D eigenvalue weighted by molar-refractivity contribution is 6.71. The fourth-order valence-electron chi connectivity index (χ4n) is 1.55. The molecule has 0 aliphatic rings. The van der Waals surface area contributed by atoms with E-state index in [2.05, 4.69) is 5.32 Å². The van der Waals surface area contributed by atoms with Gasteiger partial charge in [-0.25, -0.2) is 0 Å². The van der Waals surface area contributed by atoms with Crippen LogP contribution in [0.5, 0.6) is 0 Å². The highest BCUT2D eigenvalue weighted by Gasteiger charge is 2.36. The summed E-state index contributed by atoms with van der Waals surface area (Å²) in [4.78, 5) is 11.5. The molecule has 0 radical (unpaired) electrons. The van der Waals surface area contributed by atoms with Crippen LogP contribution in [0.4, 0.5) is 0 Å². The fourth-order valence-corrected chi connectivity index (χ4v) is 4.03. The van der Waals surface area contributed by atoms with Gasteiger partial charge in [-0.15, -0.1) is 0 Å². The molecule has 0 rings (SSSR count). The number of hydrogen-bond donors (Lipinski definition) is 1. The summed E-state index contributed by atoms with van der Waals surface area (Å²) in [7, 11) is 0.525. The third-order valence-electron chi connectivity index (χ3n) is 2.46. The van der Waals surface area contributed by atoms with Gasteiger partial charge in [0, 0.05) is 27.4 Å². The third-order valence-corrected chi connectivity index (χ3v) is 6.13. The molecule has 0 heterocycles. The lowest BCUT2D eigenvalue weighted by Gasteiger charge is -2.24. The van der Waals surface area contributed by atoms with E-state index >= 15 is 0 Å². The van der Waals surface area contributed by atoms with Crippen molar-refractivity contribution in [3.05, 3.63) is 0 Å². The topological polar surface area (TPSA) is 66.0 Å². The highest BCUT2D eigenvalue weighted by atomic mass is 28.4. The van der Waals surface area contributed by atoms with Crippen LogP contribution in [-0.2, 0) is 22.5 Å². The van der Waals surface area contributed by atoms with E-state index < -0.39 is 17.1 Å². The average molecular weight is 310 g/mol. The van der Waals surface area contributed by atoms with Crippen LogP contribution in [-0.4, -0.2) is 57.5 Å². The molecule has 0 unspecified atom stereocenters. The van der Waals surface area contributed by atoms with Crippen LogP contribution in [0, 0.1) is 0 Å². The Morgan fingerprint density at radius 3 is 2.00 bits per heavy atom. The van der Waals surface area contributed by atoms with Crippen LogP contribution in [0.25, 0.3) is 0 Å². The quantitative estimate of drug-likeness (QED) is 0.483. The maximum atomic E-state index is 11.5. The van der Waals surface area contributed by atoms with Gasteiger partial charge in [-0.3, -0.25) is 4.79 Å². The maximum Gasteiger partial charge on any atom is 0.500 e. The van der Waals surface area contributed by atoms with E-state index in [-0.39, 0.29) is 12.5 Å². The maximum absolute atomic E-state index is 11.5. The average Bonchev–Trinajstić information content (AvgIpc) is 2.32. The monoisotopic (exact) mass is 309 g/mol. The Hall–Kier alpha value is -0.256. The Morgan fingerprint density at radius 2 is 1.58 bits per heavy atom. The highest BCUT2D eigenvalue weighted by Crippen LogP contribution is 2.14. The summed E-state index contributed by atoms with van der Waals surface area (Å²) in [5.41, 5.74) is 0. The first-order chi connectivity index (χ1) is 8.78. The lowest BCUT2D eigenvalue weighted by atomic mass is 10.5. The van der Waals surface area contributed by atoms with Gasteiger partial charge in [0.15, 0.2) is 0 Å². The molecule has 0 aliphatic carbocycles. The Bertz CT molecular complexity index is 258. The lowest BCUT2D eigenvalue weighted by molar-refractivity contribution is -0.134. The van der Waals surface area contributed by atoms with Crippen LogP contribution in [0.2, 0.25) is 25.7 Å². The van der Waals surface area contributed by atoms with Crippen molar-refractivity contribution >= 4 is 23.1 Å². The van der Waals surface area contributed by atoms with Crippen LogP contribution in [0.15, 0.2) is 0 Å². The van der Waals surface area contributed by atoms with E-state index in [1.165, 1.54) is 0 Å². The zero-order chi connectivity index (χ0) is 14.9. The van der Waals surface area contributed by atoms with E-state index in [9.17, 15) is 4.79 Å². The molecule has 0 saturated heterocycles. The molecule has 0 fully saturated rings. The minimum absolute atomic E-state index is 0.187. The van der Waals surface area contributed by atoms with Crippen molar-refractivity contribution in [2.24, 2.45) is 0 Å². The smallest absolute Gasteiger partial charge is 0.500 e. The van der Waals surface area contributed by atoms with E-state index in [0.29, 0.717) is 12.6 Å². The molecule has 8 heteroatoms. The molecule has 0 atom stereocenters. The van der Waals surface area contributed by atoms with Gasteiger partial charge < -0.3 is 23.0 Å². The second kappa shape index (κ2) is 8.82. The fraction of sp³-hybridized carbons (Fsp3) is 0.909. The van der Waals surface area contributed by atoms with E-state index in [1.54, 1.807) is 21.3 Å². The first-order valence-electron chi connectivity index (χ1n) is 6.36. The van der Waals surface area contributed by atoms with Gasteiger partial charge >= 0.3 is 14.8 Å². The zero-order valence-electron chi connectivity index (χ0n) is 12.9. The van der Waals surface area contributed by atoms with Crippen LogP contribution in [0.3, 0.4) is 0 Å². The lowest BCUT2D eigenvalue weighted by Crippen LogP contribution is -2.43. The number of carbonyl (C=O) groups excluding carboxylic acids is 1. The second-order valence-electron chi connectivity index (χ2n) is 5.16. The predicted octanol–water partition coefficient (Wildman–Crippen LogP) is 1.22. The molecule has 0 bridgehead atoms. The summed E-state index contributed by atoms with van der Waals surface area (Å²) in [6, 6.07) is 0.715. The molecule has 0 aliphatic heterocycles. The number of rotatable bonds is 10. The molecule has 0 saturated carbocycles. The van der Waals surface area contributed by atoms with Crippen LogP contribution >= 0.6 is 0 Å². The Labute approximate surface area is 118 Å². The van der Waals surface area contributed by atoms with Gasteiger partial charge in [-0.1, -0.05) is 0 Å². The first-order valence-corrected chi connectivity index (χ1v) is 11.7. The van der Waals surface area contributed by atoms with Crippen molar-refractivity contribution in [1.29, 1.82) is 0 Å². The van der Waals surface area contributed by atoms with Crippen LogP contribution in [0.1, 0.15) is 6.42 Å². The number of nitrogens with one attached hydrogen (secondary N) is 1. The molecule has 19 heavy (non-hydrogen) atoms. The number of carbonyl (C=O) groups is 1. The summed E-state index contributed by atoms with van der Waals surface area (Å²) in [6.45, 7) is 6.90. The van der Waals surface area contributed by atoms with Crippen molar-refractivity contribution in [3.63, 3.8) is 0 Å². The molecule has 0 amide bonds. The predicted molar refractivity (Wildman–Crippen MR) is 78.5 cm³/mol. The van der Waals surface area contributed by atoms with Gasteiger partial charge in [0.1, 0.15) is 0 Å². The van der Waals surface area contributed by atoms with Crippen molar-refractivity contribution in [1.82, 2.24) is 5.32 Å². The summed E-state index contributed by atoms with van der Waals surface area (Å²) in [5.74, 6) is -0.187. The molecule has 6 nitrogen and oxygen atoms in total. The minimum Gasteiger partial charge on any atom is -0.519 e. The van der Waals surface area contributed by atoms with Gasteiger partial charge in [0.05, 0.1) is 6.54 Å². The molecule has 0 aromatic heterocycles. The summed E-state index contributed by atoms with van der Waals surface area (Å²) >= 11 is 0. The van der Waals surface area contributed by atoms with E-state index in [1.807, 2.05) is 19.6 Å². The minimum atomic E-state index is -2.48. The summed E-state index contributed by atoms with van der Waals surface area (Å²) < 4.78 is 21.3. The molecule has 0 aromatic rings. The molecule has 0 spiro atoms. The van der Waals surface area contributed by atoms with Gasteiger partial charge in [-0.2, -0.15) is 0 Å². The van der Waals surface area contributed by atoms with E-state index in [0.717, 1.165) is 6.42 Å². The largest absolute Gasteiger partial charge is 0.519 e. The first kappa shape index (κ1) is 18.7. The third kappa shape index (κ3) is 8.50. The zero-order valence-corrected chi connectivity index (χ0v) is 14.9. The molecular formula is C11H27NO5Si2. The standard InChI is InChI=1S/C11H27NO5Si2/c1-14-19(15-2,16-3)9-7-8-12-10-11(13)17-18(4,5)6/h12H,7-10H2,1-6H3. The Balaban J connectivity index is 3.79. The van der Waals surface area contributed by atoms with Gasteiger partial charge in [0.25, 0.3) is 0 Å². The molecule has 114 valence electrons. The molecular weight excluding hydrogens is 282 g/mol. The normalized spacial score (nSPS) is 12.5. The Morgan fingerprint density at radius 1 is 1.05 bits per heavy atom. The van der Waals surface area contributed by atoms with Crippen molar-refractivity contribution in [2.75, 3.05) is 34.4 Å². The van der Waals surface area contributed by atoms with Crippen molar-refractivity contribution in [2.45, 2.75) is 32.1 Å². The van der Waals surface area contributed by atoms with Gasteiger partial charge in [-0.05, 0) is 32.6 Å². The van der Waals surface area contributed by atoms with Crippen LogP contribution < -0.4 is 5.32 Å². The summed E-state index contributed by atoms with van der Waals surface area (Å²) in [5, 5.41) is 3.06. The van der Waals surface area contributed by atoms with Crippen molar-refractivity contribution in [3.8, 4) is 0 Å². The SMILES string of the molecule is CO[Si](CCCNCC(=O)O[Si](C)(C)C)(OC)OC. The van der Waals surface area contributed by atoms with Crippen molar-refractivity contribution < 1.29 is 22.5 Å². The van der Waals surface area contributed by atoms with E-state index in [4.69, 9.17) is 17.7 Å². The second-order valence-corrected chi connectivity index (χ2v) is 12.7. The number of hydrogen-bond acceptors (Lipinski definition) is 6. The summed E-state index contributed by atoms with van der Waals surface area (Å²) in [6.07, 6.45) is 0.821.